The summed E-state index contributed by atoms with van der Waals surface area (Å²) >= 11 is 5.39. The van der Waals surface area contributed by atoms with Crippen LogP contribution in [-0.2, 0) is 6.42 Å². The highest BCUT2D eigenvalue weighted by molar-refractivity contribution is 7.71. The summed E-state index contributed by atoms with van der Waals surface area (Å²) < 4.78 is 12.9. The molecule has 0 spiro atoms. The van der Waals surface area contributed by atoms with Gasteiger partial charge in [-0.25, -0.2) is 0 Å². The molecular weight excluding hydrogens is 384 g/mol. The van der Waals surface area contributed by atoms with E-state index in [1.807, 2.05) is 36.4 Å². The normalized spacial score (nSPS) is 11.2. The van der Waals surface area contributed by atoms with Gasteiger partial charge in [-0.2, -0.15) is 14.9 Å². The highest BCUT2D eigenvalue weighted by Gasteiger charge is 2.11. The Morgan fingerprint density at radius 3 is 2.66 bits per heavy atom. The third-order valence-electron chi connectivity index (χ3n) is 4.69. The minimum Gasteiger partial charge on any atom is -0.493 e. The smallest absolute Gasteiger partial charge is 0.216 e. The number of hydrogen-bond donors (Lipinski definition) is 1. The third kappa shape index (κ3) is 3.77. The van der Waals surface area contributed by atoms with Crippen molar-refractivity contribution >= 4 is 29.2 Å². The second kappa shape index (κ2) is 8.28. The fourth-order valence-corrected chi connectivity index (χ4v) is 3.51. The lowest BCUT2D eigenvalue weighted by molar-refractivity contribution is 0.354. The van der Waals surface area contributed by atoms with E-state index in [2.05, 4.69) is 39.6 Å². The average Bonchev–Trinajstić information content (AvgIpc) is 3.11. The van der Waals surface area contributed by atoms with E-state index in [-0.39, 0.29) is 0 Å². The zero-order valence-electron chi connectivity index (χ0n) is 16.1. The summed E-state index contributed by atoms with van der Waals surface area (Å²) in [7, 11) is 3.21. The fourth-order valence-electron chi connectivity index (χ4n) is 3.31. The molecule has 0 unspecified atom stereocenters. The van der Waals surface area contributed by atoms with Crippen molar-refractivity contribution < 1.29 is 9.47 Å². The SMILES string of the molecule is COc1cccc(/C=N\n2c(Cc3cccc4ccccc34)n[nH]c2=S)c1OC. The maximum absolute atomic E-state index is 5.47. The van der Waals surface area contributed by atoms with Crippen molar-refractivity contribution in [1.29, 1.82) is 0 Å². The molecule has 3 aromatic carbocycles. The lowest BCUT2D eigenvalue weighted by Crippen LogP contribution is -2.02. The number of methoxy groups -OCH3 is 2. The molecule has 0 aliphatic rings. The Morgan fingerprint density at radius 1 is 1.03 bits per heavy atom. The van der Waals surface area contributed by atoms with Gasteiger partial charge in [0.1, 0.15) is 0 Å². The molecule has 1 aromatic heterocycles. The van der Waals surface area contributed by atoms with Crippen molar-refractivity contribution in [2.75, 3.05) is 14.2 Å². The number of benzene rings is 3. The molecule has 1 N–H and O–H groups in total. The molecule has 0 aliphatic carbocycles. The molecule has 4 aromatic rings. The molecule has 0 radical (unpaired) electrons. The number of H-pyrrole nitrogens is 1. The molecule has 0 saturated heterocycles. The van der Waals surface area contributed by atoms with Crippen LogP contribution in [0.1, 0.15) is 17.0 Å². The summed E-state index contributed by atoms with van der Waals surface area (Å²) in [6.45, 7) is 0. The van der Waals surface area contributed by atoms with Gasteiger partial charge in [-0.3, -0.25) is 5.10 Å². The second-order valence-corrected chi connectivity index (χ2v) is 6.79. The van der Waals surface area contributed by atoms with E-state index in [0.29, 0.717) is 22.7 Å². The first-order chi connectivity index (χ1) is 14.2. The molecule has 0 aliphatic heterocycles. The van der Waals surface area contributed by atoms with Crippen LogP contribution in [0.4, 0.5) is 0 Å². The second-order valence-electron chi connectivity index (χ2n) is 6.40. The van der Waals surface area contributed by atoms with E-state index >= 15 is 0 Å². The first-order valence-corrected chi connectivity index (χ1v) is 9.50. The molecule has 4 rings (SSSR count). The predicted octanol–water partition coefficient (Wildman–Crippen LogP) is 4.58. The summed E-state index contributed by atoms with van der Waals surface area (Å²) in [6, 6.07) is 20.2. The van der Waals surface area contributed by atoms with Gasteiger partial charge in [-0.1, -0.05) is 48.5 Å². The number of ether oxygens (including phenoxy) is 2. The van der Waals surface area contributed by atoms with Crippen LogP contribution in [0, 0.1) is 4.77 Å². The van der Waals surface area contributed by atoms with Gasteiger partial charge in [-0.15, -0.1) is 0 Å². The van der Waals surface area contributed by atoms with Gasteiger partial charge in [0.2, 0.25) is 4.77 Å². The first-order valence-electron chi connectivity index (χ1n) is 9.09. The van der Waals surface area contributed by atoms with Crippen molar-refractivity contribution in [3.63, 3.8) is 0 Å². The minimum atomic E-state index is 0.429. The van der Waals surface area contributed by atoms with Crippen LogP contribution in [0.25, 0.3) is 10.8 Å². The van der Waals surface area contributed by atoms with Gasteiger partial charge in [0.15, 0.2) is 17.3 Å². The number of rotatable bonds is 6. The molecule has 29 heavy (non-hydrogen) atoms. The average molecular weight is 404 g/mol. The van der Waals surface area contributed by atoms with Crippen LogP contribution < -0.4 is 9.47 Å². The Kier molecular flexibility index (Phi) is 5.39. The highest BCUT2D eigenvalue weighted by atomic mass is 32.1. The number of nitrogens with one attached hydrogen (secondary N) is 1. The Balaban J connectivity index is 1.70. The first kappa shape index (κ1) is 18.9. The number of hydrogen-bond acceptors (Lipinski definition) is 5. The van der Waals surface area contributed by atoms with E-state index in [1.54, 1.807) is 25.1 Å². The largest absolute Gasteiger partial charge is 0.493 e. The summed E-state index contributed by atoms with van der Waals surface area (Å²) in [6.07, 6.45) is 2.29. The van der Waals surface area contributed by atoms with Crippen molar-refractivity contribution in [3.8, 4) is 11.5 Å². The Hall–Kier alpha value is -3.45. The molecule has 7 heteroatoms. The van der Waals surface area contributed by atoms with Crippen molar-refractivity contribution in [3.05, 3.63) is 82.4 Å². The zero-order chi connectivity index (χ0) is 20.2. The predicted molar refractivity (Wildman–Crippen MR) is 117 cm³/mol. The maximum Gasteiger partial charge on any atom is 0.216 e. The molecule has 146 valence electrons. The number of fused-ring (bicyclic) bond motifs is 1. The molecule has 6 nitrogen and oxygen atoms in total. The molecule has 0 fully saturated rings. The zero-order valence-corrected chi connectivity index (χ0v) is 16.9. The molecule has 0 amide bonds. The Labute approximate surface area is 173 Å². The summed E-state index contributed by atoms with van der Waals surface area (Å²) in [5, 5.41) is 14.2. The lowest BCUT2D eigenvalue weighted by Gasteiger charge is -2.09. The summed E-state index contributed by atoms with van der Waals surface area (Å²) in [5.41, 5.74) is 1.94. The van der Waals surface area contributed by atoms with Gasteiger partial charge in [0.25, 0.3) is 0 Å². The van der Waals surface area contributed by atoms with Crippen molar-refractivity contribution in [1.82, 2.24) is 14.9 Å². The Morgan fingerprint density at radius 2 is 1.83 bits per heavy atom. The minimum absolute atomic E-state index is 0.429. The standard InChI is InChI=1S/C22H20N4O2S/c1-27-19-12-6-10-17(21(19)28-2)14-23-26-20(24-25-22(26)29)13-16-9-5-8-15-7-3-4-11-18(15)16/h3-12,14H,13H2,1-2H3,(H,25,29)/b23-14-. The van der Waals surface area contributed by atoms with Crippen LogP contribution in [-0.4, -0.2) is 35.3 Å². The number of aromatic nitrogens is 3. The molecular formula is C22H20N4O2S. The van der Waals surface area contributed by atoms with Gasteiger partial charge in [-0.05, 0) is 40.7 Å². The monoisotopic (exact) mass is 404 g/mol. The van der Waals surface area contributed by atoms with Crippen molar-refractivity contribution in [2.24, 2.45) is 5.10 Å². The van der Waals surface area contributed by atoms with Crippen LogP contribution in [0.5, 0.6) is 11.5 Å². The quantitative estimate of drug-likeness (QED) is 0.377. The van der Waals surface area contributed by atoms with E-state index < -0.39 is 0 Å². The third-order valence-corrected chi connectivity index (χ3v) is 4.96. The molecule has 0 saturated carbocycles. The topological polar surface area (TPSA) is 64.4 Å². The van der Waals surface area contributed by atoms with Gasteiger partial charge < -0.3 is 9.47 Å². The van der Waals surface area contributed by atoms with Gasteiger partial charge >= 0.3 is 0 Å². The summed E-state index contributed by atoms with van der Waals surface area (Å²) in [4.78, 5) is 0. The molecule has 0 bridgehead atoms. The van der Waals surface area contributed by atoms with Gasteiger partial charge in [0, 0.05) is 12.0 Å². The van der Waals surface area contributed by atoms with E-state index in [4.69, 9.17) is 21.7 Å². The van der Waals surface area contributed by atoms with E-state index in [9.17, 15) is 0 Å². The Bertz CT molecular complexity index is 1240. The maximum atomic E-state index is 5.47. The van der Waals surface area contributed by atoms with E-state index in [1.165, 1.54) is 10.8 Å². The summed E-state index contributed by atoms with van der Waals surface area (Å²) in [5.74, 6) is 1.98. The van der Waals surface area contributed by atoms with Crippen molar-refractivity contribution in [2.45, 2.75) is 6.42 Å². The lowest BCUT2D eigenvalue weighted by atomic mass is 10.0. The van der Waals surface area contributed by atoms with Crippen LogP contribution in [0.15, 0.2) is 65.8 Å². The number of para-hydroxylation sites is 1. The van der Waals surface area contributed by atoms with Crippen LogP contribution in [0.2, 0.25) is 0 Å². The highest BCUT2D eigenvalue weighted by Crippen LogP contribution is 2.29. The molecule has 0 atom stereocenters. The number of aromatic amines is 1. The van der Waals surface area contributed by atoms with Crippen LogP contribution in [0.3, 0.4) is 0 Å². The van der Waals surface area contributed by atoms with Gasteiger partial charge in [0.05, 0.1) is 20.4 Å². The number of nitrogens with zero attached hydrogens (tertiary/aromatic N) is 3. The molecule has 1 heterocycles. The van der Waals surface area contributed by atoms with Crippen LogP contribution >= 0.6 is 12.2 Å². The fraction of sp³-hybridized carbons (Fsp3) is 0.136. The van der Waals surface area contributed by atoms with E-state index in [0.717, 1.165) is 17.0 Å².